The lowest BCUT2D eigenvalue weighted by atomic mass is 10.1. The van der Waals surface area contributed by atoms with Crippen molar-refractivity contribution < 1.29 is 17.9 Å². The van der Waals surface area contributed by atoms with Gasteiger partial charge in [0, 0.05) is 11.4 Å². The number of halogens is 5. The number of alkyl halides is 5. The van der Waals surface area contributed by atoms with E-state index in [0.717, 1.165) is 23.3 Å². The molecule has 0 unspecified atom stereocenters. The Morgan fingerprint density at radius 1 is 1.04 bits per heavy atom. The molecule has 0 aliphatic carbocycles. The van der Waals surface area contributed by atoms with Crippen LogP contribution in [0.2, 0.25) is 0 Å². The summed E-state index contributed by atoms with van der Waals surface area (Å²) < 4.78 is 41.5. The molecule has 2 aromatic carbocycles. The summed E-state index contributed by atoms with van der Waals surface area (Å²) in [5, 5.41) is 8.65. The number of methoxy groups -OCH3 is 1. The highest BCUT2D eigenvalue weighted by Gasteiger charge is 2.31. The highest BCUT2D eigenvalue weighted by molar-refractivity contribution is 6.17. The minimum Gasteiger partial charge on any atom is -0.496 e. The normalized spacial score (nSPS) is 9.93. The van der Waals surface area contributed by atoms with Crippen LogP contribution in [0.4, 0.5) is 13.2 Å². The third-order valence-corrected chi connectivity index (χ3v) is 3.93. The number of aryl methyl sites for hydroxylation is 1. The molecule has 0 saturated carbocycles. The van der Waals surface area contributed by atoms with Crippen LogP contribution in [-0.4, -0.2) is 7.11 Å². The number of nitriles is 1. The summed E-state index contributed by atoms with van der Waals surface area (Å²) in [6, 6.07) is 11.0. The molecule has 0 aliphatic rings. The molecule has 0 saturated heterocycles. The fourth-order valence-electron chi connectivity index (χ4n) is 1.90. The molecule has 27 heavy (non-hydrogen) atoms. The largest absolute Gasteiger partial charge is 0.496 e. The van der Waals surface area contributed by atoms with Crippen molar-refractivity contribution in [3.63, 3.8) is 0 Å². The molecular weight excluding hydrogens is 398 g/mol. The highest BCUT2D eigenvalue weighted by Crippen LogP contribution is 2.33. The zero-order valence-electron chi connectivity index (χ0n) is 15.6. The maximum atomic E-state index is 12.3. The van der Waals surface area contributed by atoms with Gasteiger partial charge >= 0.3 is 6.18 Å². The van der Waals surface area contributed by atoms with Gasteiger partial charge in [-0.25, -0.2) is 0 Å². The maximum Gasteiger partial charge on any atom is 0.416 e. The first-order valence-corrected chi connectivity index (χ1v) is 9.19. The van der Waals surface area contributed by atoms with Gasteiger partial charge in [-0.2, -0.15) is 18.4 Å². The summed E-state index contributed by atoms with van der Waals surface area (Å²) in [5.41, 5.74) is 2.52. The van der Waals surface area contributed by atoms with Crippen molar-refractivity contribution in [2.45, 2.75) is 38.7 Å². The number of hydrogen-bond acceptors (Lipinski definition) is 2. The topological polar surface area (TPSA) is 33.0 Å². The Hall–Kier alpha value is -1.90. The van der Waals surface area contributed by atoms with E-state index >= 15 is 0 Å². The fourth-order valence-corrected chi connectivity index (χ4v) is 2.29. The average molecular weight is 420 g/mol. The lowest BCUT2D eigenvalue weighted by Gasteiger charge is -2.10. The lowest BCUT2D eigenvalue weighted by molar-refractivity contribution is -0.137. The van der Waals surface area contributed by atoms with Gasteiger partial charge in [0.05, 0.1) is 30.2 Å². The molecule has 2 nitrogen and oxygen atoms in total. The quantitative estimate of drug-likeness (QED) is 0.497. The van der Waals surface area contributed by atoms with Crippen molar-refractivity contribution in [3.05, 3.63) is 64.2 Å². The van der Waals surface area contributed by atoms with Gasteiger partial charge in [0.2, 0.25) is 0 Å². The number of benzene rings is 2. The van der Waals surface area contributed by atoms with Gasteiger partial charge < -0.3 is 4.74 Å². The number of hydrogen-bond donors (Lipinski definition) is 0. The Labute approximate surface area is 168 Å². The van der Waals surface area contributed by atoms with Crippen LogP contribution in [0.15, 0.2) is 36.4 Å². The molecule has 0 aliphatic heterocycles. The molecule has 0 radical (unpaired) electrons. The summed E-state index contributed by atoms with van der Waals surface area (Å²) in [6.45, 7) is 5.91. The van der Waals surface area contributed by atoms with E-state index in [1.54, 1.807) is 0 Å². The van der Waals surface area contributed by atoms with Crippen LogP contribution in [0.3, 0.4) is 0 Å². The molecule has 148 valence electrons. The molecular formula is C20H22Cl2F3NO. The van der Waals surface area contributed by atoms with Gasteiger partial charge in [-0.3, -0.25) is 0 Å². The molecule has 2 rings (SSSR count). The third kappa shape index (κ3) is 8.11. The Morgan fingerprint density at radius 3 is 2.11 bits per heavy atom. The second kappa shape index (κ2) is 12.5. The van der Waals surface area contributed by atoms with E-state index in [9.17, 15) is 13.2 Å². The van der Waals surface area contributed by atoms with Crippen LogP contribution in [0, 0.1) is 18.3 Å². The summed E-state index contributed by atoms with van der Waals surface area (Å²) in [6.07, 6.45) is -4.35. The molecule has 0 fully saturated rings. The molecule has 2 aromatic rings. The standard InChI is InChI=1S/C9H8ClF3O.C9H8ClN.C2H6/c1-14-8-4-7(9(11,12)13)3-2-6(8)5-10;1-7-2-3-8(5-10)4-9(7)6-11;1-2/h2-4H,5H2,1H3;2-4H,5H2,1H3;1-2H3. The van der Waals surface area contributed by atoms with E-state index in [4.69, 9.17) is 33.2 Å². The second-order valence-electron chi connectivity index (χ2n) is 5.05. The van der Waals surface area contributed by atoms with Gasteiger partial charge in [0.15, 0.2) is 0 Å². The van der Waals surface area contributed by atoms with Crippen LogP contribution in [-0.2, 0) is 17.9 Å². The Kier molecular flexibility index (Phi) is 11.6. The van der Waals surface area contributed by atoms with Crippen molar-refractivity contribution >= 4 is 23.2 Å². The summed E-state index contributed by atoms with van der Waals surface area (Å²) in [5.74, 6) is 0.755. The Bertz CT molecular complexity index is 756. The highest BCUT2D eigenvalue weighted by atomic mass is 35.5. The van der Waals surface area contributed by atoms with Gasteiger partial charge in [0.1, 0.15) is 5.75 Å². The maximum absolute atomic E-state index is 12.3. The first kappa shape index (κ1) is 25.1. The van der Waals surface area contributed by atoms with E-state index in [-0.39, 0.29) is 11.6 Å². The predicted molar refractivity (Wildman–Crippen MR) is 104 cm³/mol. The Balaban J connectivity index is 0.000000469. The monoisotopic (exact) mass is 419 g/mol. The zero-order valence-corrected chi connectivity index (χ0v) is 17.1. The van der Waals surface area contributed by atoms with Crippen molar-refractivity contribution in [2.75, 3.05) is 7.11 Å². The third-order valence-electron chi connectivity index (χ3n) is 3.34. The molecule has 7 heteroatoms. The second-order valence-corrected chi connectivity index (χ2v) is 5.59. The van der Waals surface area contributed by atoms with Gasteiger partial charge in [0.25, 0.3) is 0 Å². The van der Waals surface area contributed by atoms with Gasteiger partial charge in [-0.1, -0.05) is 32.0 Å². The van der Waals surface area contributed by atoms with E-state index in [1.807, 2.05) is 39.0 Å². The summed E-state index contributed by atoms with van der Waals surface area (Å²) in [4.78, 5) is 0. The molecule has 0 amide bonds. The van der Waals surface area contributed by atoms with Gasteiger partial charge in [-0.05, 0) is 36.2 Å². The van der Waals surface area contributed by atoms with E-state index in [2.05, 4.69) is 6.07 Å². The van der Waals surface area contributed by atoms with E-state index < -0.39 is 11.7 Å². The smallest absolute Gasteiger partial charge is 0.416 e. The van der Waals surface area contributed by atoms with Crippen molar-refractivity contribution in [3.8, 4) is 11.8 Å². The zero-order chi connectivity index (χ0) is 21.0. The van der Waals surface area contributed by atoms with Crippen molar-refractivity contribution in [1.29, 1.82) is 5.26 Å². The average Bonchev–Trinajstić information content (AvgIpc) is 2.69. The molecule has 0 aromatic heterocycles. The van der Waals surface area contributed by atoms with Crippen LogP contribution in [0.1, 0.15) is 41.7 Å². The number of nitrogens with zero attached hydrogens (tertiary/aromatic N) is 1. The van der Waals surface area contributed by atoms with Crippen molar-refractivity contribution in [1.82, 2.24) is 0 Å². The van der Waals surface area contributed by atoms with Crippen molar-refractivity contribution in [2.24, 2.45) is 0 Å². The Morgan fingerprint density at radius 2 is 1.67 bits per heavy atom. The summed E-state index contributed by atoms with van der Waals surface area (Å²) >= 11 is 11.1. The van der Waals surface area contributed by atoms with Crippen LogP contribution < -0.4 is 4.74 Å². The molecule has 0 N–H and O–H groups in total. The molecule has 0 bridgehead atoms. The minimum atomic E-state index is -4.35. The van der Waals surface area contributed by atoms with Crippen LogP contribution in [0.5, 0.6) is 5.75 Å². The lowest BCUT2D eigenvalue weighted by Crippen LogP contribution is -2.05. The van der Waals surface area contributed by atoms with Crippen LogP contribution >= 0.6 is 23.2 Å². The van der Waals surface area contributed by atoms with E-state index in [0.29, 0.717) is 17.0 Å². The molecule has 0 atom stereocenters. The van der Waals surface area contributed by atoms with Gasteiger partial charge in [-0.15, -0.1) is 23.2 Å². The summed E-state index contributed by atoms with van der Waals surface area (Å²) in [7, 11) is 1.31. The first-order valence-electron chi connectivity index (χ1n) is 8.12. The molecule has 0 spiro atoms. The SMILES string of the molecule is CC.COc1cc(C(F)(F)F)ccc1CCl.Cc1ccc(CCl)cc1C#N. The number of ether oxygens (including phenoxy) is 1. The van der Waals surface area contributed by atoms with E-state index in [1.165, 1.54) is 13.2 Å². The molecule has 0 heterocycles. The fraction of sp³-hybridized carbons (Fsp3) is 0.350. The van der Waals surface area contributed by atoms with Crippen LogP contribution in [0.25, 0.3) is 0 Å². The predicted octanol–water partition coefficient (Wildman–Crippen LogP) is 7.08. The number of rotatable bonds is 3. The first-order chi connectivity index (χ1) is 12.8. The minimum absolute atomic E-state index is 0.126.